The fraction of sp³-hybridized carbons (Fsp3) is 0.276. The molecule has 1 fully saturated rings. The number of allylic oxidation sites excluding steroid dienone is 5. The molecule has 0 bridgehead atoms. The lowest BCUT2D eigenvalue weighted by Gasteiger charge is -2.37. The first-order chi connectivity index (χ1) is 18.1. The van der Waals surface area contributed by atoms with E-state index >= 15 is 0 Å². The number of sulfonamides is 1. The van der Waals surface area contributed by atoms with Gasteiger partial charge < -0.3 is 19.5 Å². The van der Waals surface area contributed by atoms with Crippen molar-refractivity contribution in [1.29, 1.82) is 0 Å². The zero-order valence-corrected chi connectivity index (χ0v) is 23.3. The number of nitrogens with zero attached hydrogens (tertiary/aromatic N) is 2. The number of carbonyl (C=O) groups is 1. The van der Waals surface area contributed by atoms with Crippen LogP contribution in [0, 0.1) is 0 Å². The third-order valence-corrected chi connectivity index (χ3v) is 7.67. The van der Waals surface area contributed by atoms with Crippen molar-refractivity contribution in [3.8, 4) is 0 Å². The van der Waals surface area contributed by atoms with Crippen molar-refractivity contribution in [1.82, 2.24) is 14.8 Å². The summed E-state index contributed by atoms with van der Waals surface area (Å²) in [6.45, 7) is 15.2. The highest BCUT2D eigenvalue weighted by Gasteiger charge is 2.26. The fourth-order valence-electron chi connectivity index (χ4n) is 4.25. The quantitative estimate of drug-likeness (QED) is 0.251. The molecule has 1 aromatic carbocycles. The van der Waals surface area contributed by atoms with Crippen molar-refractivity contribution < 1.29 is 17.9 Å². The minimum Gasteiger partial charge on any atom is -0.495 e. The number of ether oxygens (including phenoxy) is 1. The van der Waals surface area contributed by atoms with Crippen LogP contribution in [0.1, 0.15) is 20.8 Å². The lowest BCUT2D eigenvalue weighted by atomic mass is 10.1. The molecule has 0 unspecified atom stereocenters. The second-order valence-corrected chi connectivity index (χ2v) is 10.7. The summed E-state index contributed by atoms with van der Waals surface area (Å²) in [5.41, 5.74) is 3.27. The van der Waals surface area contributed by atoms with Crippen molar-refractivity contribution >= 4 is 32.5 Å². The molecule has 202 valence electrons. The summed E-state index contributed by atoms with van der Waals surface area (Å²) in [4.78, 5) is 20.4. The third kappa shape index (κ3) is 6.47. The van der Waals surface area contributed by atoms with Crippen LogP contribution in [-0.4, -0.2) is 62.4 Å². The predicted octanol–water partition coefficient (Wildman–Crippen LogP) is 5.08. The molecule has 8 nitrogen and oxygen atoms in total. The average Bonchev–Trinajstić information content (AvgIpc) is 3.36. The van der Waals surface area contributed by atoms with E-state index in [-0.39, 0.29) is 10.8 Å². The van der Waals surface area contributed by atoms with Crippen molar-refractivity contribution in [2.24, 2.45) is 0 Å². The highest BCUT2D eigenvalue weighted by Crippen LogP contribution is 2.24. The summed E-state index contributed by atoms with van der Waals surface area (Å²) in [5.74, 6) is 0.444. The van der Waals surface area contributed by atoms with Crippen LogP contribution < -0.4 is 4.72 Å². The van der Waals surface area contributed by atoms with E-state index in [4.69, 9.17) is 4.74 Å². The monoisotopic (exact) mass is 536 g/mol. The maximum absolute atomic E-state index is 13.5. The summed E-state index contributed by atoms with van der Waals surface area (Å²) in [6.07, 6.45) is 10.0. The van der Waals surface area contributed by atoms with Gasteiger partial charge in [-0.3, -0.25) is 9.52 Å². The van der Waals surface area contributed by atoms with E-state index in [2.05, 4.69) is 27.8 Å². The number of hydrogen-bond acceptors (Lipinski definition) is 5. The number of fused-ring (bicyclic) bond motifs is 1. The highest BCUT2D eigenvalue weighted by molar-refractivity contribution is 7.96. The van der Waals surface area contributed by atoms with Gasteiger partial charge in [0.15, 0.2) is 0 Å². The molecule has 1 aromatic heterocycles. The Bertz CT molecular complexity index is 1430. The lowest BCUT2D eigenvalue weighted by molar-refractivity contribution is -0.128. The number of rotatable bonds is 10. The number of amides is 1. The molecule has 38 heavy (non-hydrogen) atoms. The Morgan fingerprint density at radius 1 is 1.08 bits per heavy atom. The summed E-state index contributed by atoms with van der Waals surface area (Å²) < 4.78 is 34.5. The molecular weight excluding hydrogens is 500 g/mol. The molecule has 1 aliphatic rings. The number of anilines is 1. The van der Waals surface area contributed by atoms with Crippen LogP contribution in [0.2, 0.25) is 0 Å². The molecule has 2 heterocycles. The number of nitrogens with one attached hydrogen (secondary N) is 2. The number of hydrogen-bond donors (Lipinski definition) is 2. The zero-order chi connectivity index (χ0) is 27.9. The van der Waals surface area contributed by atoms with Gasteiger partial charge in [-0.25, -0.2) is 8.42 Å². The van der Waals surface area contributed by atoms with Gasteiger partial charge >= 0.3 is 0 Å². The Morgan fingerprint density at radius 3 is 2.34 bits per heavy atom. The van der Waals surface area contributed by atoms with Gasteiger partial charge in [0.1, 0.15) is 5.76 Å². The summed E-state index contributed by atoms with van der Waals surface area (Å²) in [6, 6.07) is 7.09. The summed E-state index contributed by atoms with van der Waals surface area (Å²) >= 11 is 0. The van der Waals surface area contributed by atoms with Crippen LogP contribution in [0.25, 0.3) is 10.9 Å². The van der Waals surface area contributed by atoms with E-state index < -0.39 is 10.0 Å². The van der Waals surface area contributed by atoms with Gasteiger partial charge in [-0.05, 0) is 69.3 Å². The average molecular weight is 537 g/mol. The van der Waals surface area contributed by atoms with Gasteiger partial charge in [-0.15, -0.1) is 0 Å². The maximum atomic E-state index is 13.5. The van der Waals surface area contributed by atoms with Crippen LogP contribution in [0.3, 0.4) is 0 Å². The molecule has 1 aliphatic heterocycles. The minimum atomic E-state index is -3.98. The first-order valence-electron chi connectivity index (χ1n) is 12.3. The molecule has 0 radical (unpaired) electrons. The van der Waals surface area contributed by atoms with Crippen molar-refractivity contribution in [2.75, 3.05) is 38.0 Å². The van der Waals surface area contributed by atoms with Gasteiger partial charge in [0.2, 0.25) is 0 Å². The zero-order valence-electron chi connectivity index (χ0n) is 22.5. The van der Waals surface area contributed by atoms with Gasteiger partial charge in [0.25, 0.3) is 15.9 Å². The standard InChI is InChI=1S/C29H36N4O4S/c1-7-10-27(28(9-3)37-6)32-15-17-33(18-16-32)29(34)25(21(4)5)20-24(8-2)38(35,36)31-23-11-12-26-22(19-23)13-14-30-26/h7-14,19-20,30-31H,2-3,15-18H2,1,4-6H3/b10-7-,24-20+,28-27-. The van der Waals surface area contributed by atoms with Crippen molar-refractivity contribution in [3.63, 3.8) is 0 Å². The number of piperazine rings is 1. The molecule has 9 heteroatoms. The smallest absolute Gasteiger partial charge is 0.261 e. The topological polar surface area (TPSA) is 94.7 Å². The van der Waals surface area contributed by atoms with E-state index in [0.29, 0.717) is 48.8 Å². The molecule has 2 N–H and O–H groups in total. The summed E-state index contributed by atoms with van der Waals surface area (Å²) in [5, 5.41) is 0.881. The van der Waals surface area contributed by atoms with Crippen molar-refractivity contribution in [2.45, 2.75) is 20.8 Å². The van der Waals surface area contributed by atoms with E-state index in [0.717, 1.165) is 16.6 Å². The molecule has 2 aromatic rings. The normalized spacial score (nSPS) is 15.3. The molecule has 0 aliphatic carbocycles. The molecule has 0 atom stereocenters. The second-order valence-electron chi connectivity index (χ2n) is 8.99. The third-order valence-electron chi connectivity index (χ3n) is 6.26. The second kappa shape index (κ2) is 12.5. The first-order valence-corrected chi connectivity index (χ1v) is 13.8. The van der Waals surface area contributed by atoms with Gasteiger partial charge in [-0.2, -0.15) is 0 Å². The Kier molecular flexibility index (Phi) is 9.41. The number of carbonyl (C=O) groups excluding carboxylic acids is 1. The molecule has 1 saturated heterocycles. The minimum absolute atomic E-state index is 0.0797. The number of methoxy groups -OCH3 is 1. The lowest BCUT2D eigenvalue weighted by Crippen LogP contribution is -2.48. The Morgan fingerprint density at radius 2 is 1.76 bits per heavy atom. The van der Waals surface area contributed by atoms with E-state index in [1.165, 1.54) is 12.2 Å². The predicted molar refractivity (Wildman–Crippen MR) is 155 cm³/mol. The molecule has 0 saturated carbocycles. The van der Waals surface area contributed by atoms with Gasteiger partial charge in [-0.1, -0.05) is 24.8 Å². The van der Waals surface area contributed by atoms with Crippen LogP contribution in [0.15, 0.2) is 102 Å². The Balaban J connectivity index is 1.81. The number of aromatic amines is 1. The SMILES string of the molecule is C=C/C(OC)=C(\C=C/C)N1CCN(C(=O)C(/C=C(\C=C)S(=O)(=O)Nc2ccc3[nH]ccc3c2)=C(C)C)CC1. The highest BCUT2D eigenvalue weighted by atomic mass is 32.2. The van der Waals surface area contributed by atoms with Crippen LogP contribution >= 0.6 is 0 Å². The first kappa shape index (κ1) is 28.6. The molecular formula is C29H36N4O4S. The van der Waals surface area contributed by atoms with Crippen LogP contribution in [0.4, 0.5) is 5.69 Å². The maximum Gasteiger partial charge on any atom is 0.261 e. The molecule has 0 spiro atoms. The van der Waals surface area contributed by atoms with E-state index in [1.54, 1.807) is 56.3 Å². The van der Waals surface area contributed by atoms with E-state index in [9.17, 15) is 13.2 Å². The number of H-pyrrole nitrogens is 1. The number of aromatic nitrogens is 1. The largest absolute Gasteiger partial charge is 0.495 e. The summed E-state index contributed by atoms with van der Waals surface area (Å²) in [7, 11) is -2.38. The molecule has 1 amide bonds. The van der Waals surface area contributed by atoms with E-state index in [1.807, 2.05) is 25.1 Å². The van der Waals surface area contributed by atoms with Crippen LogP contribution in [0.5, 0.6) is 0 Å². The van der Waals surface area contributed by atoms with Gasteiger partial charge in [0, 0.05) is 54.5 Å². The fourth-order valence-corrected chi connectivity index (χ4v) is 5.30. The Labute approximate surface area is 225 Å². The number of benzene rings is 1. The van der Waals surface area contributed by atoms with Crippen LogP contribution in [-0.2, 0) is 19.6 Å². The van der Waals surface area contributed by atoms with Crippen molar-refractivity contribution in [3.05, 3.63) is 102 Å². The molecule has 3 rings (SSSR count). The Hall–Kier alpha value is -3.98. The van der Waals surface area contributed by atoms with Gasteiger partial charge in [0.05, 0.1) is 17.7 Å².